The van der Waals surface area contributed by atoms with Crippen LogP contribution in [0.4, 0.5) is 0 Å². The highest BCUT2D eigenvalue weighted by Crippen LogP contribution is 2.27. The SMILES string of the molecule is C[C@@H]1OC(=O)CC/C=C\C[C@@H](CC(=O)NCc2ccc(Cl)cc2)C(=O)N2CCC[C@@H]12. The van der Waals surface area contributed by atoms with Crippen LogP contribution >= 0.6 is 11.6 Å². The van der Waals surface area contributed by atoms with E-state index >= 15 is 0 Å². The number of hydrogen-bond acceptors (Lipinski definition) is 4. The Balaban J connectivity index is 1.66. The molecule has 162 valence electrons. The monoisotopic (exact) mass is 432 g/mol. The molecule has 1 fully saturated rings. The number of cyclic esters (lactones) is 1. The summed E-state index contributed by atoms with van der Waals surface area (Å²) < 4.78 is 5.54. The quantitative estimate of drug-likeness (QED) is 0.582. The van der Waals surface area contributed by atoms with Crippen molar-refractivity contribution in [3.63, 3.8) is 0 Å². The largest absolute Gasteiger partial charge is 0.460 e. The van der Waals surface area contributed by atoms with Gasteiger partial charge in [0.25, 0.3) is 0 Å². The van der Waals surface area contributed by atoms with Crippen molar-refractivity contribution in [3.8, 4) is 0 Å². The number of hydrogen-bond donors (Lipinski definition) is 1. The van der Waals surface area contributed by atoms with Crippen LogP contribution < -0.4 is 5.32 Å². The van der Waals surface area contributed by atoms with Gasteiger partial charge in [0, 0.05) is 31.0 Å². The van der Waals surface area contributed by atoms with Gasteiger partial charge < -0.3 is 15.0 Å². The van der Waals surface area contributed by atoms with Crippen LogP contribution in [0.2, 0.25) is 5.02 Å². The molecule has 0 radical (unpaired) electrons. The van der Waals surface area contributed by atoms with Crippen molar-refractivity contribution in [2.45, 2.75) is 64.1 Å². The first-order chi connectivity index (χ1) is 14.4. The zero-order valence-electron chi connectivity index (χ0n) is 17.3. The summed E-state index contributed by atoms with van der Waals surface area (Å²) in [4.78, 5) is 39.6. The number of ether oxygens (including phenoxy) is 1. The van der Waals surface area contributed by atoms with E-state index in [4.69, 9.17) is 16.3 Å². The Hall–Kier alpha value is -2.34. The number of nitrogens with one attached hydrogen (secondary N) is 1. The molecule has 1 saturated heterocycles. The maximum atomic E-state index is 13.3. The van der Waals surface area contributed by atoms with Crippen molar-refractivity contribution < 1.29 is 19.1 Å². The Morgan fingerprint density at radius 1 is 1.23 bits per heavy atom. The van der Waals surface area contributed by atoms with E-state index < -0.39 is 5.92 Å². The zero-order chi connectivity index (χ0) is 21.5. The first-order valence-electron chi connectivity index (χ1n) is 10.6. The molecular formula is C23H29ClN2O4. The molecule has 0 unspecified atom stereocenters. The molecule has 3 rings (SSSR count). The molecule has 0 saturated carbocycles. The molecule has 30 heavy (non-hydrogen) atoms. The van der Waals surface area contributed by atoms with E-state index in [2.05, 4.69) is 5.32 Å². The van der Waals surface area contributed by atoms with Crippen molar-refractivity contribution in [1.29, 1.82) is 0 Å². The van der Waals surface area contributed by atoms with Crippen LogP contribution in [0, 0.1) is 5.92 Å². The number of esters is 1. The fourth-order valence-corrected chi connectivity index (χ4v) is 4.21. The first-order valence-corrected chi connectivity index (χ1v) is 11.0. The third-order valence-electron chi connectivity index (χ3n) is 5.73. The van der Waals surface area contributed by atoms with Gasteiger partial charge in [0.1, 0.15) is 6.10 Å². The average Bonchev–Trinajstić information content (AvgIpc) is 3.21. The number of benzene rings is 1. The molecule has 0 spiro atoms. The molecule has 7 heteroatoms. The minimum atomic E-state index is -0.422. The summed E-state index contributed by atoms with van der Waals surface area (Å²) in [7, 11) is 0. The summed E-state index contributed by atoms with van der Waals surface area (Å²) in [6.45, 7) is 2.88. The number of carbonyl (C=O) groups is 3. The predicted molar refractivity (Wildman–Crippen MR) is 115 cm³/mol. The van der Waals surface area contributed by atoms with Gasteiger partial charge in [-0.1, -0.05) is 35.9 Å². The number of nitrogens with zero attached hydrogens (tertiary/aromatic N) is 1. The van der Waals surface area contributed by atoms with E-state index in [9.17, 15) is 14.4 Å². The Bertz CT molecular complexity index is 793. The molecular weight excluding hydrogens is 404 g/mol. The van der Waals surface area contributed by atoms with Crippen molar-refractivity contribution in [3.05, 3.63) is 47.0 Å². The van der Waals surface area contributed by atoms with Crippen LogP contribution in [0.3, 0.4) is 0 Å². The molecule has 6 nitrogen and oxygen atoms in total. The van der Waals surface area contributed by atoms with Gasteiger partial charge in [-0.2, -0.15) is 0 Å². The third kappa shape index (κ3) is 6.08. The topological polar surface area (TPSA) is 75.7 Å². The maximum Gasteiger partial charge on any atom is 0.306 e. The van der Waals surface area contributed by atoms with Crippen LogP contribution in [0.5, 0.6) is 0 Å². The van der Waals surface area contributed by atoms with Gasteiger partial charge in [0.2, 0.25) is 11.8 Å². The van der Waals surface area contributed by atoms with Gasteiger partial charge >= 0.3 is 5.97 Å². The highest BCUT2D eigenvalue weighted by atomic mass is 35.5. The molecule has 0 bridgehead atoms. The molecule has 2 amide bonds. The molecule has 0 aliphatic carbocycles. The van der Waals surface area contributed by atoms with Crippen LogP contribution in [-0.4, -0.2) is 41.4 Å². The van der Waals surface area contributed by atoms with E-state index in [0.717, 1.165) is 18.4 Å². The van der Waals surface area contributed by atoms with E-state index in [-0.39, 0.29) is 36.4 Å². The highest BCUT2D eigenvalue weighted by molar-refractivity contribution is 6.30. The molecule has 1 aromatic rings. The van der Waals surface area contributed by atoms with Crippen molar-refractivity contribution in [2.24, 2.45) is 5.92 Å². The number of carbonyl (C=O) groups excluding carboxylic acids is 3. The first kappa shape index (κ1) is 22.3. The fourth-order valence-electron chi connectivity index (χ4n) is 4.08. The average molecular weight is 433 g/mol. The second-order valence-corrected chi connectivity index (χ2v) is 8.42. The Morgan fingerprint density at radius 2 is 2.00 bits per heavy atom. The Kier molecular flexibility index (Phi) is 7.91. The summed E-state index contributed by atoms with van der Waals surface area (Å²) in [5.74, 6) is -0.842. The van der Waals surface area contributed by atoms with Gasteiger partial charge in [-0.15, -0.1) is 0 Å². The molecule has 0 aromatic heterocycles. The summed E-state index contributed by atoms with van der Waals surface area (Å²) in [6.07, 6.45) is 6.66. The third-order valence-corrected chi connectivity index (χ3v) is 5.98. The molecule has 1 N–H and O–H groups in total. The summed E-state index contributed by atoms with van der Waals surface area (Å²) in [5, 5.41) is 3.55. The normalized spacial score (nSPS) is 26.2. The van der Waals surface area contributed by atoms with Crippen molar-refractivity contribution in [1.82, 2.24) is 10.2 Å². The number of allylic oxidation sites excluding steroid dienone is 2. The van der Waals surface area contributed by atoms with Gasteiger partial charge in [0.15, 0.2) is 0 Å². The van der Waals surface area contributed by atoms with Gasteiger partial charge in [-0.3, -0.25) is 14.4 Å². The van der Waals surface area contributed by atoms with E-state index in [1.165, 1.54) is 0 Å². The zero-order valence-corrected chi connectivity index (χ0v) is 18.1. The lowest BCUT2D eigenvalue weighted by Crippen LogP contribution is -2.46. The lowest BCUT2D eigenvalue weighted by molar-refractivity contribution is -0.154. The smallest absolute Gasteiger partial charge is 0.306 e. The van der Waals surface area contributed by atoms with Gasteiger partial charge in [-0.05, 0) is 50.3 Å². The van der Waals surface area contributed by atoms with Crippen LogP contribution in [0.15, 0.2) is 36.4 Å². The molecule has 1 aromatic carbocycles. The molecule has 2 aliphatic rings. The van der Waals surface area contributed by atoms with Crippen LogP contribution in [0.1, 0.15) is 51.0 Å². The summed E-state index contributed by atoms with van der Waals surface area (Å²) in [5.41, 5.74) is 0.952. The lowest BCUT2D eigenvalue weighted by atomic mass is 9.97. The standard InChI is InChI=1S/C23H29ClN2O4/c1-16-20-7-5-13-26(20)23(29)18(6-3-2-4-8-22(28)30-16)14-21(27)25-15-17-9-11-19(24)12-10-17/h2-3,9-12,16,18,20H,4-8,13-15H2,1H3,(H,25,27)/b3-2-/t16-,18-,20-/m0/s1. The maximum absolute atomic E-state index is 13.3. The number of halogens is 1. The van der Waals surface area contributed by atoms with Crippen LogP contribution in [-0.2, 0) is 25.7 Å². The Labute approximate surface area is 182 Å². The second kappa shape index (κ2) is 10.6. The lowest BCUT2D eigenvalue weighted by Gasteiger charge is -2.32. The summed E-state index contributed by atoms with van der Waals surface area (Å²) >= 11 is 5.89. The van der Waals surface area contributed by atoms with Gasteiger partial charge in [-0.25, -0.2) is 0 Å². The minimum Gasteiger partial charge on any atom is -0.460 e. The second-order valence-electron chi connectivity index (χ2n) is 7.99. The minimum absolute atomic E-state index is 0.0349. The predicted octanol–water partition coefficient (Wildman–Crippen LogP) is 3.63. The van der Waals surface area contributed by atoms with Crippen molar-refractivity contribution >= 4 is 29.4 Å². The number of amides is 2. The van der Waals surface area contributed by atoms with E-state index in [0.29, 0.717) is 37.4 Å². The number of fused-ring (bicyclic) bond motifs is 1. The molecule has 2 aliphatic heterocycles. The van der Waals surface area contributed by atoms with Gasteiger partial charge in [0.05, 0.1) is 12.0 Å². The number of rotatable bonds is 4. The molecule has 2 heterocycles. The van der Waals surface area contributed by atoms with E-state index in [1.54, 1.807) is 12.1 Å². The fraction of sp³-hybridized carbons (Fsp3) is 0.522. The highest BCUT2D eigenvalue weighted by Gasteiger charge is 2.37. The Morgan fingerprint density at radius 3 is 2.77 bits per heavy atom. The molecule has 3 atom stereocenters. The van der Waals surface area contributed by atoms with Crippen molar-refractivity contribution in [2.75, 3.05) is 6.54 Å². The van der Waals surface area contributed by atoms with E-state index in [1.807, 2.05) is 36.1 Å². The summed E-state index contributed by atoms with van der Waals surface area (Å²) in [6, 6.07) is 7.18. The van der Waals surface area contributed by atoms with Crippen LogP contribution in [0.25, 0.3) is 0 Å².